The fraction of sp³-hybridized carbons (Fsp3) is 0.300. The fourth-order valence-corrected chi connectivity index (χ4v) is 3.68. The van der Waals surface area contributed by atoms with E-state index in [0.29, 0.717) is 11.4 Å². The van der Waals surface area contributed by atoms with Crippen molar-refractivity contribution in [1.82, 2.24) is 14.7 Å². The van der Waals surface area contributed by atoms with Crippen LogP contribution in [0.25, 0.3) is 0 Å². The van der Waals surface area contributed by atoms with E-state index in [-0.39, 0.29) is 18.3 Å². The van der Waals surface area contributed by atoms with Crippen molar-refractivity contribution in [1.29, 1.82) is 0 Å². The molecule has 28 heavy (non-hydrogen) atoms. The Morgan fingerprint density at radius 3 is 2.79 bits per heavy atom. The fourth-order valence-electron chi connectivity index (χ4n) is 2.79. The lowest BCUT2D eigenvalue weighted by Gasteiger charge is -2.16. The highest BCUT2D eigenvalue weighted by atomic mass is 32.1. The molecule has 3 rings (SSSR count). The van der Waals surface area contributed by atoms with E-state index in [0.717, 1.165) is 35.5 Å². The van der Waals surface area contributed by atoms with Gasteiger partial charge in [0.2, 0.25) is 0 Å². The number of amides is 1. The van der Waals surface area contributed by atoms with Crippen molar-refractivity contribution in [3.05, 3.63) is 69.2 Å². The first-order chi connectivity index (χ1) is 13.4. The average molecular weight is 405 g/mol. The lowest BCUT2D eigenvalue weighted by molar-refractivity contribution is 0.0789. The second-order valence-corrected chi connectivity index (χ2v) is 7.33. The summed E-state index contributed by atoms with van der Waals surface area (Å²) in [5, 5.41) is 6.09. The Labute approximate surface area is 166 Å². The Kier molecular flexibility index (Phi) is 6.08. The molecule has 2 aromatic heterocycles. The van der Waals surface area contributed by atoms with Crippen molar-refractivity contribution in [2.75, 3.05) is 7.05 Å². The SMILES string of the molecule is CCn1ncc(CN(C)C(=O)c2cc(COc3ccc(F)cc3F)cs2)c1C. The van der Waals surface area contributed by atoms with Crippen LogP contribution in [0.15, 0.2) is 35.8 Å². The van der Waals surface area contributed by atoms with Gasteiger partial charge in [-0.2, -0.15) is 5.10 Å². The van der Waals surface area contributed by atoms with Crippen molar-refractivity contribution in [2.24, 2.45) is 0 Å². The third-order valence-electron chi connectivity index (χ3n) is 4.41. The van der Waals surface area contributed by atoms with E-state index in [4.69, 9.17) is 4.74 Å². The summed E-state index contributed by atoms with van der Waals surface area (Å²) in [6.45, 7) is 5.35. The van der Waals surface area contributed by atoms with Gasteiger partial charge in [0.1, 0.15) is 12.4 Å². The zero-order valence-corrected chi connectivity index (χ0v) is 16.7. The number of benzene rings is 1. The molecule has 0 N–H and O–H groups in total. The summed E-state index contributed by atoms with van der Waals surface area (Å²) in [5.74, 6) is -1.54. The van der Waals surface area contributed by atoms with Crippen LogP contribution in [-0.4, -0.2) is 27.6 Å². The minimum atomic E-state index is -0.755. The van der Waals surface area contributed by atoms with Crippen LogP contribution in [0, 0.1) is 18.6 Å². The highest BCUT2D eigenvalue weighted by molar-refractivity contribution is 7.12. The smallest absolute Gasteiger partial charge is 0.263 e. The van der Waals surface area contributed by atoms with E-state index in [9.17, 15) is 13.6 Å². The van der Waals surface area contributed by atoms with Gasteiger partial charge >= 0.3 is 0 Å². The van der Waals surface area contributed by atoms with Gasteiger partial charge < -0.3 is 9.64 Å². The van der Waals surface area contributed by atoms with Crippen molar-refractivity contribution in [2.45, 2.75) is 33.5 Å². The number of halogens is 2. The average Bonchev–Trinajstić information content (AvgIpc) is 3.27. The monoisotopic (exact) mass is 405 g/mol. The van der Waals surface area contributed by atoms with Gasteiger partial charge in [0.15, 0.2) is 11.6 Å². The van der Waals surface area contributed by atoms with E-state index >= 15 is 0 Å². The number of hydrogen-bond donors (Lipinski definition) is 0. The van der Waals surface area contributed by atoms with Crippen molar-refractivity contribution < 1.29 is 18.3 Å². The predicted octanol–water partition coefficient (Wildman–Crippen LogP) is 4.40. The first-order valence-corrected chi connectivity index (χ1v) is 9.69. The lowest BCUT2D eigenvalue weighted by Crippen LogP contribution is -2.25. The molecule has 0 aliphatic rings. The number of ether oxygens (including phenoxy) is 1. The molecule has 0 radical (unpaired) electrons. The van der Waals surface area contributed by atoms with Crippen LogP contribution < -0.4 is 4.74 Å². The van der Waals surface area contributed by atoms with Crippen molar-refractivity contribution in [3.8, 4) is 5.75 Å². The van der Waals surface area contributed by atoms with E-state index < -0.39 is 11.6 Å². The van der Waals surface area contributed by atoms with E-state index in [2.05, 4.69) is 5.10 Å². The first-order valence-electron chi connectivity index (χ1n) is 8.81. The third-order valence-corrected chi connectivity index (χ3v) is 5.38. The molecule has 0 atom stereocenters. The normalized spacial score (nSPS) is 10.9. The molecule has 1 aromatic carbocycles. The molecule has 0 unspecified atom stereocenters. The molecule has 0 saturated carbocycles. The summed E-state index contributed by atoms with van der Waals surface area (Å²) < 4.78 is 33.8. The van der Waals surface area contributed by atoms with Gasteiger partial charge in [-0.3, -0.25) is 9.48 Å². The summed E-state index contributed by atoms with van der Waals surface area (Å²) in [6, 6.07) is 4.89. The molecule has 8 heteroatoms. The molecule has 0 fully saturated rings. The molecule has 0 aliphatic carbocycles. The van der Waals surface area contributed by atoms with Crippen LogP contribution in [0.5, 0.6) is 5.75 Å². The van der Waals surface area contributed by atoms with Crippen molar-refractivity contribution in [3.63, 3.8) is 0 Å². The van der Waals surface area contributed by atoms with Crippen LogP contribution in [-0.2, 0) is 19.7 Å². The third kappa shape index (κ3) is 4.39. The Morgan fingerprint density at radius 1 is 1.32 bits per heavy atom. The van der Waals surface area contributed by atoms with Gasteiger partial charge in [-0.05, 0) is 37.4 Å². The standard InChI is InChI=1S/C20H21F2N3O2S/c1-4-25-13(2)15(9-23-25)10-24(3)20(26)19-7-14(12-28-19)11-27-18-6-5-16(21)8-17(18)22/h5-9,12H,4,10-11H2,1-3H3. The molecule has 5 nitrogen and oxygen atoms in total. The zero-order chi connectivity index (χ0) is 20.3. The second-order valence-electron chi connectivity index (χ2n) is 6.41. The molecule has 0 aliphatic heterocycles. The predicted molar refractivity (Wildman–Crippen MR) is 103 cm³/mol. The van der Waals surface area contributed by atoms with Crippen LogP contribution in [0.1, 0.15) is 33.4 Å². The topological polar surface area (TPSA) is 47.4 Å². The highest BCUT2D eigenvalue weighted by Gasteiger charge is 2.17. The van der Waals surface area contributed by atoms with Gasteiger partial charge in [-0.1, -0.05) is 0 Å². The number of hydrogen-bond acceptors (Lipinski definition) is 4. The molecule has 3 aromatic rings. The summed E-state index contributed by atoms with van der Waals surface area (Å²) in [6.07, 6.45) is 1.79. The zero-order valence-electron chi connectivity index (χ0n) is 15.9. The Bertz CT molecular complexity index is 984. The first kappa shape index (κ1) is 20.0. The maximum absolute atomic E-state index is 13.6. The Hall–Kier alpha value is -2.74. The molecular formula is C20H21F2N3O2S. The van der Waals surface area contributed by atoms with Gasteiger partial charge in [-0.15, -0.1) is 11.3 Å². The Balaban J connectivity index is 1.62. The molecule has 0 spiro atoms. The number of nitrogens with zero attached hydrogens (tertiary/aromatic N) is 3. The van der Waals surface area contributed by atoms with Gasteiger partial charge in [-0.25, -0.2) is 8.78 Å². The maximum Gasteiger partial charge on any atom is 0.263 e. The van der Waals surface area contributed by atoms with E-state index in [1.165, 1.54) is 17.4 Å². The van der Waals surface area contributed by atoms with Crippen LogP contribution >= 0.6 is 11.3 Å². The largest absolute Gasteiger partial charge is 0.486 e. The maximum atomic E-state index is 13.6. The van der Waals surface area contributed by atoms with Crippen LogP contribution in [0.4, 0.5) is 8.78 Å². The number of rotatable bonds is 7. The summed E-state index contributed by atoms with van der Waals surface area (Å²) >= 11 is 1.31. The minimum Gasteiger partial charge on any atom is -0.486 e. The van der Waals surface area contributed by atoms with Gasteiger partial charge in [0.25, 0.3) is 5.91 Å². The summed E-state index contributed by atoms with van der Waals surface area (Å²) in [7, 11) is 1.74. The van der Waals surface area contributed by atoms with E-state index in [1.54, 1.807) is 29.6 Å². The number of thiophene rings is 1. The summed E-state index contributed by atoms with van der Waals surface area (Å²) in [4.78, 5) is 14.9. The Morgan fingerprint density at radius 2 is 2.11 bits per heavy atom. The van der Waals surface area contributed by atoms with Crippen LogP contribution in [0.2, 0.25) is 0 Å². The minimum absolute atomic E-state index is 0.0268. The van der Waals surface area contributed by atoms with Crippen LogP contribution in [0.3, 0.4) is 0 Å². The van der Waals surface area contributed by atoms with Gasteiger partial charge in [0.05, 0.1) is 11.1 Å². The quantitative estimate of drug-likeness (QED) is 0.585. The summed E-state index contributed by atoms with van der Waals surface area (Å²) in [5.41, 5.74) is 2.80. The number of carbonyl (C=O) groups excluding carboxylic acids is 1. The van der Waals surface area contributed by atoms with E-state index in [1.807, 2.05) is 18.5 Å². The van der Waals surface area contributed by atoms with Gasteiger partial charge in [0, 0.05) is 43.0 Å². The van der Waals surface area contributed by atoms with Crippen molar-refractivity contribution >= 4 is 17.2 Å². The molecular weight excluding hydrogens is 384 g/mol. The molecule has 0 bridgehead atoms. The number of carbonyl (C=O) groups is 1. The number of aryl methyl sites for hydroxylation is 1. The molecule has 1 amide bonds. The molecule has 2 heterocycles. The number of aromatic nitrogens is 2. The highest BCUT2D eigenvalue weighted by Crippen LogP contribution is 2.22. The molecule has 148 valence electrons. The second kappa shape index (κ2) is 8.52. The lowest BCUT2D eigenvalue weighted by atomic mass is 10.2. The molecule has 0 saturated heterocycles.